The average molecular weight is 595 g/mol. The van der Waals surface area contributed by atoms with Gasteiger partial charge in [0, 0.05) is 53.7 Å². The summed E-state index contributed by atoms with van der Waals surface area (Å²) < 4.78 is 9.04. The van der Waals surface area contributed by atoms with Crippen LogP contribution in [0.4, 0.5) is 0 Å². The Balaban J connectivity index is 1.27. The maximum Gasteiger partial charge on any atom is 0.160 e. The zero-order chi connectivity index (χ0) is 29.9. The third kappa shape index (κ3) is 3.40. The summed E-state index contributed by atoms with van der Waals surface area (Å²) in [6.07, 6.45) is 0. The molecule has 0 bridgehead atoms. The number of benzene rings is 6. The van der Waals surface area contributed by atoms with Gasteiger partial charge in [-0.2, -0.15) is 0 Å². The highest BCUT2D eigenvalue weighted by Gasteiger charge is 2.38. The summed E-state index contributed by atoms with van der Waals surface area (Å²) in [6.45, 7) is 4.62. The second kappa shape index (κ2) is 8.87. The molecule has 9 aromatic rings. The van der Waals surface area contributed by atoms with Gasteiger partial charge in [0.05, 0.1) is 15.9 Å². The number of thiophene rings is 1. The molecule has 6 aromatic carbocycles. The van der Waals surface area contributed by atoms with Crippen LogP contribution < -0.4 is 0 Å². The normalized spacial score (nSPS) is 13.7. The van der Waals surface area contributed by atoms with Crippen LogP contribution in [0, 0.1) is 0 Å². The molecule has 10 rings (SSSR count). The van der Waals surface area contributed by atoms with Crippen LogP contribution in [-0.2, 0) is 5.41 Å². The molecule has 1 aliphatic rings. The van der Waals surface area contributed by atoms with Crippen molar-refractivity contribution in [2.45, 2.75) is 19.3 Å². The number of para-hydroxylation sites is 1. The lowest BCUT2D eigenvalue weighted by atomic mass is 9.82. The molecular formula is C41H26N2OS. The van der Waals surface area contributed by atoms with E-state index in [2.05, 4.69) is 129 Å². The van der Waals surface area contributed by atoms with E-state index >= 15 is 0 Å². The standard InChI is InChI=1S/C41H26N2OS/c1-41(2)31-20-16-24(22-30(31)35-32(41)21-19-27-25-12-6-8-14-33(25)44-38(27)35)40-42-36(23-10-4-3-5-11-23)29-18-17-28-26-13-7-9-15-34(26)45-39(28)37(29)43-40/h3-22H,1-2H3. The molecule has 0 fully saturated rings. The highest BCUT2D eigenvalue weighted by molar-refractivity contribution is 7.26. The van der Waals surface area contributed by atoms with Crippen molar-refractivity contribution in [2.24, 2.45) is 0 Å². The Morgan fingerprint density at radius 3 is 2.22 bits per heavy atom. The van der Waals surface area contributed by atoms with Gasteiger partial charge in [-0.15, -0.1) is 11.3 Å². The molecule has 0 saturated carbocycles. The van der Waals surface area contributed by atoms with Gasteiger partial charge in [0.1, 0.15) is 11.2 Å². The molecular weight excluding hydrogens is 569 g/mol. The van der Waals surface area contributed by atoms with Crippen molar-refractivity contribution in [3.8, 4) is 33.8 Å². The van der Waals surface area contributed by atoms with E-state index in [4.69, 9.17) is 14.4 Å². The van der Waals surface area contributed by atoms with Crippen molar-refractivity contribution < 1.29 is 4.42 Å². The zero-order valence-corrected chi connectivity index (χ0v) is 25.6. The Hall–Kier alpha value is -5.32. The SMILES string of the molecule is CC1(C)c2ccc(-c3nc(-c4ccccc4)c4ccc5c6ccccc6sc5c4n3)cc2-c2c1ccc1c2oc2ccccc21. The maximum absolute atomic E-state index is 6.57. The van der Waals surface area contributed by atoms with Gasteiger partial charge < -0.3 is 4.42 Å². The lowest BCUT2D eigenvalue weighted by Crippen LogP contribution is -2.14. The predicted molar refractivity (Wildman–Crippen MR) is 188 cm³/mol. The van der Waals surface area contributed by atoms with Gasteiger partial charge in [-0.25, -0.2) is 9.97 Å². The Kier molecular flexibility index (Phi) is 4.94. The van der Waals surface area contributed by atoms with E-state index < -0.39 is 0 Å². The van der Waals surface area contributed by atoms with Crippen LogP contribution in [0.1, 0.15) is 25.0 Å². The molecule has 0 aliphatic heterocycles. The van der Waals surface area contributed by atoms with Gasteiger partial charge in [0.15, 0.2) is 5.82 Å². The second-order valence-corrected chi connectivity index (χ2v) is 13.6. The number of furan rings is 1. The fourth-order valence-electron chi connectivity index (χ4n) is 7.48. The third-order valence-corrected chi connectivity index (χ3v) is 10.9. The van der Waals surface area contributed by atoms with Gasteiger partial charge in [0.2, 0.25) is 0 Å². The van der Waals surface area contributed by atoms with Crippen molar-refractivity contribution in [1.29, 1.82) is 0 Å². The smallest absolute Gasteiger partial charge is 0.160 e. The van der Waals surface area contributed by atoms with Crippen LogP contribution in [0.2, 0.25) is 0 Å². The van der Waals surface area contributed by atoms with E-state index in [0.29, 0.717) is 0 Å². The Bertz CT molecular complexity index is 2680. The monoisotopic (exact) mass is 594 g/mol. The van der Waals surface area contributed by atoms with E-state index in [-0.39, 0.29) is 5.41 Å². The highest BCUT2D eigenvalue weighted by Crippen LogP contribution is 2.53. The molecule has 3 aromatic heterocycles. The zero-order valence-electron chi connectivity index (χ0n) is 24.8. The summed E-state index contributed by atoms with van der Waals surface area (Å²) in [7, 11) is 0. The molecule has 0 radical (unpaired) electrons. The first-order valence-corrected chi connectivity index (χ1v) is 16.2. The Labute approximate surface area is 263 Å². The predicted octanol–water partition coefficient (Wildman–Crippen LogP) is 11.5. The van der Waals surface area contributed by atoms with Crippen LogP contribution in [0.3, 0.4) is 0 Å². The minimum Gasteiger partial charge on any atom is -0.455 e. The summed E-state index contributed by atoms with van der Waals surface area (Å²) in [6, 6.07) is 43.1. The number of hydrogen-bond acceptors (Lipinski definition) is 4. The quantitative estimate of drug-likeness (QED) is 0.200. The van der Waals surface area contributed by atoms with Gasteiger partial charge >= 0.3 is 0 Å². The second-order valence-electron chi connectivity index (χ2n) is 12.5. The van der Waals surface area contributed by atoms with E-state index in [1.807, 2.05) is 17.4 Å². The molecule has 0 unspecified atom stereocenters. The van der Waals surface area contributed by atoms with E-state index in [1.54, 1.807) is 0 Å². The molecule has 0 saturated heterocycles. The van der Waals surface area contributed by atoms with Gasteiger partial charge in [-0.1, -0.05) is 111 Å². The van der Waals surface area contributed by atoms with E-state index in [9.17, 15) is 0 Å². The molecule has 1 aliphatic carbocycles. The van der Waals surface area contributed by atoms with Crippen LogP contribution >= 0.6 is 11.3 Å². The van der Waals surface area contributed by atoms with Gasteiger partial charge in [0.25, 0.3) is 0 Å². The molecule has 3 heterocycles. The van der Waals surface area contributed by atoms with Crippen molar-refractivity contribution in [1.82, 2.24) is 9.97 Å². The molecule has 3 nitrogen and oxygen atoms in total. The molecule has 0 N–H and O–H groups in total. The minimum atomic E-state index is -0.154. The molecule has 45 heavy (non-hydrogen) atoms. The summed E-state index contributed by atoms with van der Waals surface area (Å²) in [5.74, 6) is 0.733. The lowest BCUT2D eigenvalue weighted by Gasteiger charge is -2.21. The number of aromatic nitrogens is 2. The summed E-state index contributed by atoms with van der Waals surface area (Å²) in [5, 5.41) is 5.88. The first kappa shape index (κ1) is 25.1. The van der Waals surface area contributed by atoms with Crippen molar-refractivity contribution in [3.63, 3.8) is 0 Å². The highest BCUT2D eigenvalue weighted by atomic mass is 32.1. The van der Waals surface area contributed by atoms with Gasteiger partial charge in [-0.05, 0) is 41.0 Å². The summed E-state index contributed by atoms with van der Waals surface area (Å²) in [4.78, 5) is 10.6. The fourth-order valence-corrected chi connectivity index (χ4v) is 8.67. The lowest BCUT2D eigenvalue weighted by molar-refractivity contribution is 0.653. The molecule has 0 atom stereocenters. The van der Waals surface area contributed by atoms with Crippen molar-refractivity contribution in [3.05, 3.63) is 132 Å². The Morgan fingerprint density at radius 1 is 0.600 bits per heavy atom. The van der Waals surface area contributed by atoms with Crippen LogP contribution in [0.25, 0.3) is 86.8 Å². The van der Waals surface area contributed by atoms with Crippen LogP contribution in [0.15, 0.2) is 126 Å². The first-order chi connectivity index (χ1) is 22.1. The molecule has 4 heteroatoms. The number of nitrogens with zero attached hydrogens (tertiary/aromatic N) is 2. The number of fused-ring (bicyclic) bond motifs is 12. The maximum atomic E-state index is 6.57. The van der Waals surface area contributed by atoms with Crippen molar-refractivity contribution >= 4 is 64.4 Å². The molecule has 0 amide bonds. The van der Waals surface area contributed by atoms with Gasteiger partial charge in [-0.3, -0.25) is 0 Å². The van der Waals surface area contributed by atoms with E-state index in [1.165, 1.54) is 42.4 Å². The minimum absolute atomic E-state index is 0.154. The number of hydrogen-bond donors (Lipinski definition) is 0. The topological polar surface area (TPSA) is 38.9 Å². The summed E-state index contributed by atoms with van der Waals surface area (Å²) >= 11 is 1.81. The molecule has 0 spiro atoms. The largest absolute Gasteiger partial charge is 0.455 e. The van der Waals surface area contributed by atoms with Crippen LogP contribution in [-0.4, -0.2) is 9.97 Å². The Morgan fingerprint density at radius 2 is 1.33 bits per heavy atom. The summed E-state index contributed by atoms with van der Waals surface area (Å²) in [5.41, 5.74) is 10.7. The molecule has 212 valence electrons. The third-order valence-electron chi connectivity index (χ3n) is 9.70. The average Bonchev–Trinajstić information content (AvgIpc) is 3.72. The van der Waals surface area contributed by atoms with Crippen molar-refractivity contribution in [2.75, 3.05) is 0 Å². The first-order valence-electron chi connectivity index (χ1n) is 15.3. The number of rotatable bonds is 2. The fraction of sp³-hybridized carbons (Fsp3) is 0.0732. The van der Waals surface area contributed by atoms with Crippen LogP contribution in [0.5, 0.6) is 0 Å². The van der Waals surface area contributed by atoms with E-state index in [0.717, 1.165) is 55.5 Å².